The van der Waals surface area contributed by atoms with E-state index in [1.165, 1.54) is 0 Å². The van der Waals surface area contributed by atoms with Crippen molar-refractivity contribution in [3.8, 4) is 0 Å². The minimum absolute atomic E-state index is 0.407. The highest BCUT2D eigenvalue weighted by molar-refractivity contribution is 5.17. The molecule has 0 unspecified atom stereocenters. The third-order valence-electron chi connectivity index (χ3n) is 2.15. The standard InChI is InChI=1S/C11H16O2/c1-2-10(12)8-11(13)9-6-4-3-5-7-9/h3-7,10-13H,2,8H2,1H3/t10-,11-/m0/s1. The van der Waals surface area contributed by atoms with E-state index in [0.29, 0.717) is 12.8 Å². The largest absolute Gasteiger partial charge is 0.393 e. The monoisotopic (exact) mass is 180 g/mol. The molecule has 13 heavy (non-hydrogen) atoms. The minimum atomic E-state index is -0.545. The van der Waals surface area contributed by atoms with Gasteiger partial charge in [-0.25, -0.2) is 0 Å². The molecule has 0 aliphatic heterocycles. The maximum absolute atomic E-state index is 9.66. The Kier molecular flexibility index (Phi) is 3.93. The topological polar surface area (TPSA) is 40.5 Å². The summed E-state index contributed by atoms with van der Waals surface area (Å²) in [5.41, 5.74) is 0.870. The zero-order valence-corrected chi connectivity index (χ0v) is 7.85. The molecule has 0 bridgehead atoms. The maximum Gasteiger partial charge on any atom is 0.0814 e. The summed E-state index contributed by atoms with van der Waals surface area (Å²) in [5, 5.41) is 19.0. The molecule has 0 heterocycles. The van der Waals surface area contributed by atoms with Gasteiger partial charge >= 0.3 is 0 Å². The molecule has 0 aliphatic rings. The first-order valence-corrected chi connectivity index (χ1v) is 4.65. The second kappa shape index (κ2) is 5.00. The number of hydrogen-bond donors (Lipinski definition) is 2. The fourth-order valence-electron chi connectivity index (χ4n) is 1.24. The van der Waals surface area contributed by atoms with Gasteiger partial charge in [0.25, 0.3) is 0 Å². The fourth-order valence-corrected chi connectivity index (χ4v) is 1.24. The summed E-state index contributed by atoms with van der Waals surface area (Å²) in [6, 6.07) is 9.42. The molecule has 1 rings (SSSR count). The summed E-state index contributed by atoms with van der Waals surface area (Å²) >= 11 is 0. The molecule has 0 amide bonds. The Morgan fingerprint density at radius 2 is 1.77 bits per heavy atom. The zero-order valence-electron chi connectivity index (χ0n) is 7.85. The van der Waals surface area contributed by atoms with Crippen LogP contribution >= 0.6 is 0 Å². The van der Waals surface area contributed by atoms with Crippen LogP contribution < -0.4 is 0 Å². The van der Waals surface area contributed by atoms with Gasteiger partial charge in [-0.05, 0) is 12.0 Å². The van der Waals surface area contributed by atoms with Gasteiger partial charge in [-0.15, -0.1) is 0 Å². The van der Waals surface area contributed by atoms with E-state index in [4.69, 9.17) is 0 Å². The first kappa shape index (κ1) is 10.2. The van der Waals surface area contributed by atoms with Crippen molar-refractivity contribution in [1.82, 2.24) is 0 Å². The predicted molar refractivity (Wildman–Crippen MR) is 52.3 cm³/mol. The van der Waals surface area contributed by atoms with Gasteiger partial charge in [-0.1, -0.05) is 37.3 Å². The molecule has 1 aromatic carbocycles. The third-order valence-corrected chi connectivity index (χ3v) is 2.15. The number of hydrogen-bond acceptors (Lipinski definition) is 2. The van der Waals surface area contributed by atoms with Gasteiger partial charge in [0.05, 0.1) is 12.2 Å². The Bertz CT molecular complexity index is 233. The van der Waals surface area contributed by atoms with E-state index in [-0.39, 0.29) is 0 Å². The Morgan fingerprint density at radius 1 is 1.15 bits per heavy atom. The van der Waals surface area contributed by atoms with Crippen LogP contribution in [0.25, 0.3) is 0 Å². The van der Waals surface area contributed by atoms with Crippen molar-refractivity contribution in [2.75, 3.05) is 0 Å². The molecule has 0 spiro atoms. The molecule has 0 saturated heterocycles. The molecular formula is C11H16O2. The first-order chi connectivity index (χ1) is 6.24. The van der Waals surface area contributed by atoms with E-state index >= 15 is 0 Å². The van der Waals surface area contributed by atoms with Crippen LogP contribution in [0.2, 0.25) is 0 Å². The lowest BCUT2D eigenvalue weighted by Crippen LogP contribution is -2.10. The zero-order chi connectivity index (χ0) is 9.68. The van der Waals surface area contributed by atoms with Gasteiger partial charge < -0.3 is 10.2 Å². The molecule has 2 atom stereocenters. The number of benzene rings is 1. The second-order valence-corrected chi connectivity index (χ2v) is 3.22. The number of aliphatic hydroxyl groups excluding tert-OH is 2. The molecule has 0 radical (unpaired) electrons. The van der Waals surface area contributed by atoms with Gasteiger partial charge in [0.2, 0.25) is 0 Å². The Morgan fingerprint density at radius 3 is 2.31 bits per heavy atom. The summed E-state index contributed by atoms with van der Waals surface area (Å²) in [5.74, 6) is 0. The van der Waals surface area contributed by atoms with E-state index in [1.54, 1.807) is 0 Å². The van der Waals surface area contributed by atoms with Crippen molar-refractivity contribution >= 4 is 0 Å². The predicted octanol–water partition coefficient (Wildman–Crippen LogP) is 1.88. The third kappa shape index (κ3) is 3.17. The second-order valence-electron chi connectivity index (χ2n) is 3.22. The van der Waals surface area contributed by atoms with Crippen LogP contribution in [0, 0.1) is 0 Å². The van der Waals surface area contributed by atoms with Gasteiger partial charge in [0.15, 0.2) is 0 Å². The highest BCUT2D eigenvalue weighted by Gasteiger charge is 2.11. The van der Waals surface area contributed by atoms with Crippen molar-refractivity contribution in [3.05, 3.63) is 35.9 Å². The van der Waals surface area contributed by atoms with E-state index in [0.717, 1.165) is 5.56 Å². The maximum atomic E-state index is 9.66. The molecule has 2 heteroatoms. The lowest BCUT2D eigenvalue weighted by atomic mass is 10.0. The Labute approximate surface area is 78.8 Å². The molecule has 0 saturated carbocycles. The summed E-state index contributed by atoms with van der Waals surface area (Å²) in [4.78, 5) is 0. The Hall–Kier alpha value is -0.860. The summed E-state index contributed by atoms with van der Waals surface area (Å²) in [6.07, 6.45) is 0.149. The van der Waals surface area contributed by atoms with Gasteiger partial charge in [0.1, 0.15) is 0 Å². The quantitative estimate of drug-likeness (QED) is 0.742. The van der Waals surface area contributed by atoms with E-state index < -0.39 is 12.2 Å². The summed E-state index contributed by atoms with van der Waals surface area (Å²) < 4.78 is 0. The lowest BCUT2D eigenvalue weighted by molar-refractivity contribution is 0.0784. The molecule has 1 aromatic rings. The van der Waals surface area contributed by atoms with Gasteiger partial charge in [0, 0.05) is 6.42 Å². The van der Waals surface area contributed by atoms with Crippen LogP contribution in [-0.2, 0) is 0 Å². The molecule has 0 aliphatic carbocycles. The van der Waals surface area contributed by atoms with Crippen LogP contribution in [0.15, 0.2) is 30.3 Å². The average molecular weight is 180 g/mol. The van der Waals surface area contributed by atoms with Crippen LogP contribution in [-0.4, -0.2) is 16.3 Å². The number of aliphatic hydroxyl groups is 2. The van der Waals surface area contributed by atoms with Crippen molar-refractivity contribution in [2.24, 2.45) is 0 Å². The smallest absolute Gasteiger partial charge is 0.0814 e. The van der Waals surface area contributed by atoms with Crippen molar-refractivity contribution in [1.29, 1.82) is 0 Å². The van der Waals surface area contributed by atoms with Gasteiger partial charge in [-0.3, -0.25) is 0 Å². The molecule has 72 valence electrons. The summed E-state index contributed by atoms with van der Waals surface area (Å²) in [7, 11) is 0. The first-order valence-electron chi connectivity index (χ1n) is 4.65. The van der Waals surface area contributed by atoms with Crippen LogP contribution in [0.5, 0.6) is 0 Å². The molecule has 2 nitrogen and oxygen atoms in total. The highest BCUT2D eigenvalue weighted by Crippen LogP contribution is 2.18. The van der Waals surface area contributed by atoms with E-state index in [1.807, 2.05) is 37.3 Å². The molecule has 0 fully saturated rings. The molecular weight excluding hydrogens is 164 g/mol. The molecule has 2 N–H and O–H groups in total. The minimum Gasteiger partial charge on any atom is -0.393 e. The van der Waals surface area contributed by atoms with Crippen molar-refractivity contribution in [2.45, 2.75) is 32.0 Å². The van der Waals surface area contributed by atoms with E-state index in [2.05, 4.69) is 0 Å². The number of rotatable bonds is 4. The van der Waals surface area contributed by atoms with Crippen molar-refractivity contribution < 1.29 is 10.2 Å². The van der Waals surface area contributed by atoms with Crippen molar-refractivity contribution in [3.63, 3.8) is 0 Å². The highest BCUT2D eigenvalue weighted by atomic mass is 16.3. The van der Waals surface area contributed by atoms with Crippen LogP contribution in [0.1, 0.15) is 31.4 Å². The van der Waals surface area contributed by atoms with Crippen LogP contribution in [0.4, 0.5) is 0 Å². The summed E-state index contributed by atoms with van der Waals surface area (Å²) in [6.45, 7) is 1.91. The van der Waals surface area contributed by atoms with Crippen LogP contribution in [0.3, 0.4) is 0 Å². The fraction of sp³-hybridized carbons (Fsp3) is 0.455. The van der Waals surface area contributed by atoms with E-state index in [9.17, 15) is 10.2 Å². The molecule has 0 aromatic heterocycles. The average Bonchev–Trinajstić information content (AvgIpc) is 2.19. The normalized spacial score (nSPS) is 15.3. The lowest BCUT2D eigenvalue weighted by Gasteiger charge is -2.14. The SMILES string of the molecule is CC[C@H](O)C[C@H](O)c1ccccc1. The Balaban J connectivity index is 2.53. The van der Waals surface area contributed by atoms with Gasteiger partial charge in [-0.2, -0.15) is 0 Å².